The topological polar surface area (TPSA) is 60.0 Å². The van der Waals surface area contributed by atoms with Crippen LogP contribution in [0.1, 0.15) is 17.2 Å². The highest BCUT2D eigenvalue weighted by atomic mass is 16.5. The van der Waals surface area contributed by atoms with Crippen molar-refractivity contribution in [1.29, 1.82) is 0 Å². The van der Waals surface area contributed by atoms with Crippen LogP contribution < -0.4 is 19.5 Å². The number of benzene rings is 2. The molecule has 0 saturated carbocycles. The molecule has 0 bridgehead atoms. The number of rotatable bonds is 9. The second-order valence-electron chi connectivity index (χ2n) is 6.45. The van der Waals surface area contributed by atoms with Gasteiger partial charge in [-0.3, -0.25) is 4.79 Å². The van der Waals surface area contributed by atoms with Gasteiger partial charge in [0.05, 0.1) is 27.4 Å². The largest absolute Gasteiger partial charge is 0.497 e. The van der Waals surface area contributed by atoms with Gasteiger partial charge in [-0.25, -0.2) is 0 Å². The van der Waals surface area contributed by atoms with Crippen molar-refractivity contribution in [2.45, 2.75) is 6.04 Å². The van der Waals surface area contributed by atoms with Gasteiger partial charge in [-0.05, 0) is 55.6 Å². The Hall–Kier alpha value is -2.99. The van der Waals surface area contributed by atoms with E-state index < -0.39 is 0 Å². The number of ether oxygens (including phenoxy) is 3. The van der Waals surface area contributed by atoms with Crippen molar-refractivity contribution in [2.24, 2.45) is 0 Å². The molecule has 2 aromatic carbocycles. The van der Waals surface area contributed by atoms with Crippen LogP contribution in [0.25, 0.3) is 6.08 Å². The van der Waals surface area contributed by atoms with E-state index in [0.717, 1.165) is 16.9 Å². The lowest BCUT2D eigenvalue weighted by Gasteiger charge is -2.25. The van der Waals surface area contributed by atoms with Crippen molar-refractivity contribution in [2.75, 3.05) is 42.0 Å². The SMILES string of the molecule is COc1ccc(C(CNC(=O)/C=C/c2ccc(OC)c(OC)c2)N(C)C)cc1. The summed E-state index contributed by atoms with van der Waals surface area (Å²) in [5, 5.41) is 2.96. The maximum absolute atomic E-state index is 12.3. The van der Waals surface area contributed by atoms with Gasteiger partial charge in [0.2, 0.25) is 5.91 Å². The fraction of sp³-hybridized carbons (Fsp3) is 0.318. The van der Waals surface area contributed by atoms with Crippen LogP contribution in [0.2, 0.25) is 0 Å². The molecule has 0 spiro atoms. The van der Waals surface area contributed by atoms with E-state index in [-0.39, 0.29) is 11.9 Å². The Morgan fingerprint density at radius 1 is 1.00 bits per heavy atom. The summed E-state index contributed by atoms with van der Waals surface area (Å²) < 4.78 is 15.7. The fourth-order valence-corrected chi connectivity index (χ4v) is 2.81. The Labute approximate surface area is 166 Å². The lowest BCUT2D eigenvalue weighted by atomic mass is 10.1. The molecule has 6 nitrogen and oxygen atoms in total. The molecule has 0 aliphatic heterocycles. The predicted octanol–water partition coefficient (Wildman–Crippen LogP) is 3.14. The number of hydrogen-bond donors (Lipinski definition) is 1. The van der Waals surface area contributed by atoms with Gasteiger partial charge in [-0.2, -0.15) is 0 Å². The number of methoxy groups -OCH3 is 3. The van der Waals surface area contributed by atoms with Crippen LogP contribution >= 0.6 is 0 Å². The van der Waals surface area contributed by atoms with Crippen molar-refractivity contribution < 1.29 is 19.0 Å². The lowest BCUT2D eigenvalue weighted by Crippen LogP contribution is -2.33. The summed E-state index contributed by atoms with van der Waals surface area (Å²) in [6.07, 6.45) is 3.26. The third-order valence-electron chi connectivity index (χ3n) is 4.43. The number of hydrogen-bond acceptors (Lipinski definition) is 5. The normalized spacial score (nSPS) is 12.1. The van der Waals surface area contributed by atoms with E-state index in [0.29, 0.717) is 18.0 Å². The molecule has 0 aromatic heterocycles. The standard InChI is InChI=1S/C22H28N2O4/c1-24(2)19(17-8-10-18(26-3)11-9-17)15-23-22(25)13-7-16-6-12-20(27-4)21(14-16)28-5/h6-14,19H,15H2,1-5H3,(H,23,25)/b13-7+. The zero-order chi connectivity index (χ0) is 20.5. The molecular formula is C22H28N2O4. The molecular weight excluding hydrogens is 356 g/mol. The van der Waals surface area contributed by atoms with E-state index in [2.05, 4.69) is 10.2 Å². The Bertz CT molecular complexity index is 801. The molecule has 1 N–H and O–H groups in total. The van der Waals surface area contributed by atoms with Gasteiger partial charge in [-0.1, -0.05) is 18.2 Å². The first kappa shape index (κ1) is 21.3. The summed E-state index contributed by atoms with van der Waals surface area (Å²) in [5.41, 5.74) is 1.96. The molecule has 0 aliphatic rings. The summed E-state index contributed by atoms with van der Waals surface area (Å²) in [5.74, 6) is 1.92. The predicted molar refractivity (Wildman–Crippen MR) is 111 cm³/mol. The van der Waals surface area contributed by atoms with Gasteiger partial charge in [0.25, 0.3) is 0 Å². The summed E-state index contributed by atoms with van der Waals surface area (Å²) in [6, 6.07) is 13.4. The molecule has 1 amide bonds. The molecule has 28 heavy (non-hydrogen) atoms. The summed E-state index contributed by atoms with van der Waals surface area (Å²) in [4.78, 5) is 14.3. The van der Waals surface area contributed by atoms with Crippen molar-refractivity contribution in [3.63, 3.8) is 0 Å². The van der Waals surface area contributed by atoms with Gasteiger partial charge < -0.3 is 24.4 Å². The molecule has 150 valence electrons. The molecule has 0 fully saturated rings. The van der Waals surface area contributed by atoms with Crippen LogP contribution in [-0.2, 0) is 4.79 Å². The zero-order valence-electron chi connectivity index (χ0n) is 17.1. The van der Waals surface area contributed by atoms with Crippen molar-refractivity contribution in [1.82, 2.24) is 10.2 Å². The molecule has 6 heteroatoms. The molecule has 2 rings (SSSR count). The number of nitrogens with zero attached hydrogens (tertiary/aromatic N) is 1. The van der Waals surface area contributed by atoms with E-state index in [1.54, 1.807) is 27.4 Å². The fourth-order valence-electron chi connectivity index (χ4n) is 2.81. The highest BCUT2D eigenvalue weighted by molar-refractivity contribution is 5.91. The lowest BCUT2D eigenvalue weighted by molar-refractivity contribution is -0.116. The van der Waals surface area contributed by atoms with Crippen molar-refractivity contribution in [3.8, 4) is 17.2 Å². The minimum Gasteiger partial charge on any atom is -0.497 e. The summed E-state index contributed by atoms with van der Waals surface area (Å²) in [6.45, 7) is 0.494. The highest BCUT2D eigenvalue weighted by Crippen LogP contribution is 2.28. The van der Waals surface area contributed by atoms with Crippen LogP contribution in [0.3, 0.4) is 0 Å². The van der Waals surface area contributed by atoms with Gasteiger partial charge in [0.1, 0.15) is 5.75 Å². The minimum absolute atomic E-state index is 0.0596. The Kier molecular flexibility index (Phi) is 7.89. The number of carbonyl (C=O) groups is 1. The quantitative estimate of drug-likeness (QED) is 0.673. The van der Waals surface area contributed by atoms with E-state index >= 15 is 0 Å². The Morgan fingerprint density at radius 3 is 2.25 bits per heavy atom. The zero-order valence-corrected chi connectivity index (χ0v) is 17.1. The number of amides is 1. The summed E-state index contributed by atoms with van der Waals surface area (Å²) >= 11 is 0. The molecule has 0 aliphatic carbocycles. The first-order valence-electron chi connectivity index (χ1n) is 8.96. The monoisotopic (exact) mass is 384 g/mol. The first-order valence-corrected chi connectivity index (χ1v) is 8.96. The van der Waals surface area contributed by atoms with Crippen LogP contribution in [0.5, 0.6) is 17.2 Å². The van der Waals surface area contributed by atoms with Gasteiger partial charge in [-0.15, -0.1) is 0 Å². The van der Waals surface area contributed by atoms with Crippen molar-refractivity contribution in [3.05, 3.63) is 59.7 Å². The van der Waals surface area contributed by atoms with E-state index in [4.69, 9.17) is 14.2 Å². The van der Waals surface area contributed by atoms with E-state index in [1.807, 2.05) is 56.6 Å². The second-order valence-corrected chi connectivity index (χ2v) is 6.45. The van der Waals surface area contributed by atoms with Gasteiger partial charge >= 0.3 is 0 Å². The molecule has 1 atom stereocenters. The maximum Gasteiger partial charge on any atom is 0.244 e. The van der Waals surface area contributed by atoms with Crippen LogP contribution in [0.15, 0.2) is 48.5 Å². The van der Waals surface area contributed by atoms with Crippen LogP contribution in [0, 0.1) is 0 Å². The molecule has 1 unspecified atom stereocenters. The second kappa shape index (κ2) is 10.4. The van der Waals surface area contributed by atoms with E-state index in [1.165, 1.54) is 6.08 Å². The van der Waals surface area contributed by atoms with Crippen LogP contribution in [-0.4, -0.2) is 52.8 Å². The maximum atomic E-state index is 12.3. The molecule has 0 saturated heterocycles. The Balaban J connectivity index is 1.99. The average Bonchev–Trinajstić information content (AvgIpc) is 2.72. The van der Waals surface area contributed by atoms with E-state index in [9.17, 15) is 4.79 Å². The van der Waals surface area contributed by atoms with Crippen LogP contribution in [0.4, 0.5) is 0 Å². The molecule has 0 heterocycles. The summed E-state index contributed by atoms with van der Waals surface area (Å²) in [7, 11) is 8.79. The smallest absolute Gasteiger partial charge is 0.244 e. The third-order valence-corrected chi connectivity index (χ3v) is 4.43. The van der Waals surface area contributed by atoms with Crippen molar-refractivity contribution >= 4 is 12.0 Å². The first-order chi connectivity index (χ1) is 13.5. The number of nitrogens with one attached hydrogen (secondary N) is 1. The molecule has 2 aromatic rings. The number of carbonyl (C=O) groups excluding carboxylic acids is 1. The highest BCUT2D eigenvalue weighted by Gasteiger charge is 2.14. The van der Waals surface area contributed by atoms with Gasteiger partial charge in [0, 0.05) is 12.6 Å². The third kappa shape index (κ3) is 5.76. The number of likely N-dealkylation sites (N-methyl/N-ethyl adjacent to an activating group) is 1. The minimum atomic E-state index is -0.157. The molecule has 0 radical (unpaired) electrons. The van der Waals surface area contributed by atoms with Gasteiger partial charge in [0.15, 0.2) is 11.5 Å². The Morgan fingerprint density at radius 2 is 1.68 bits per heavy atom. The average molecular weight is 384 g/mol.